The minimum absolute atomic E-state index is 0.130. The van der Waals surface area contributed by atoms with Gasteiger partial charge in [-0.25, -0.2) is 0 Å². The molecule has 0 aliphatic carbocycles. The van der Waals surface area contributed by atoms with Gasteiger partial charge in [0.2, 0.25) is 0 Å². The molecule has 0 radical (unpaired) electrons. The van der Waals surface area contributed by atoms with Crippen molar-refractivity contribution in [2.24, 2.45) is 10.8 Å². The Morgan fingerprint density at radius 2 is 1.69 bits per heavy atom. The summed E-state index contributed by atoms with van der Waals surface area (Å²) in [6.07, 6.45) is 3.20. The molecule has 0 saturated heterocycles. The first kappa shape index (κ1) is 12.5. The second-order valence-corrected chi connectivity index (χ2v) is 4.92. The fraction of sp³-hybridized carbons (Fsp3) is 0.909. The van der Waals surface area contributed by atoms with E-state index < -0.39 is 11.4 Å². The number of rotatable bonds is 5. The molecule has 0 aromatic rings. The summed E-state index contributed by atoms with van der Waals surface area (Å²) in [5.41, 5.74) is -0.767. The number of carbonyl (C=O) groups is 1. The standard InChI is InChI=1S/C11H22O2/c1-6-7-8-10(2,3)11(4,5)9(12)13/h6-8H2,1-5H3,(H,12,13). The van der Waals surface area contributed by atoms with E-state index in [1.807, 2.05) is 27.7 Å². The fourth-order valence-corrected chi connectivity index (χ4v) is 1.22. The Kier molecular flexibility index (Phi) is 3.95. The summed E-state index contributed by atoms with van der Waals surface area (Å²) in [5, 5.41) is 9.08. The van der Waals surface area contributed by atoms with Gasteiger partial charge >= 0.3 is 5.97 Å². The molecule has 0 aliphatic rings. The van der Waals surface area contributed by atoms with Crippen LogP contribution < -0.4 is 0 Å². The molecule has 0 heterocycles. The number of carboxylic acid groups (broad SMARTS) is 1. The predicted octanol–water partition coefficient (Wildman–Crippen LogP) is 3.31. The van der Waals surface area contributed by atoms with E-state index in [-0.39, 0.29) is 5.41 Å². The summed E-state index contributed by atoms with van der Waals surface area (Å²) in [5.74, 6) is -0.700. The molecule has 0 aromatic heterocycles. The number of aliphatic carboxylic acids is 1. The summed E-state index contributed by atoms with van der Waals surface area (Å²) in [6.45, 7) is 9.83. The SMILES string of the molecule is CCCCC(C)(C)C(C)(C)C(=O)O. The van der Waals surface area contributed by atoms with Crippen molar-refractivity contribution in [3.05, 3.63) is 0 Å². The van der Waals surface area contributed by atoms with E-state index in [1.165, 1.54) is 0 Å². The molecule has 78 valence electrons. The summed E-state index contributed by atoms with van der Waals surface area (Å²) in [4.78, 5) is 11.0. The predicted molar refractivity (Wildman–Crippen MR) is 54.7 cm³/mol. The molecule has 0 bridgehead atoms. The normalized spacial score (nSPS) is 13.0. The van der Waals surface area contributed by atoms with Crippen LogP contribution in [0.3, 0.4) is 0 Å². The molecule has 0 aromatic carbocycles. The molecule has 0 fully saturated rings. The molecule has 2 nitrogen and oxygen atoms in total. The Hall–Kier alpha value is -0.530. The van der Waals surface area contributed by atoms with Crippen molar-refractivity contribution < 1.29 is 9.90 Å². The highest BCUT2D eigenvalue weighted by Crippen LogP contribution is 2.42. The number of hydrogen-bond donors (Lipinski definition) is 1. The van der Waals surface area contributed by atoms with E-state index >= 15 is 0 Å². The lowest BCUT2D eigenvalue weighted by molar-refractivity contribution is -0.154. The monoisotopic (exact) mass is 186 g/mol. The highest BCUT2D eigenvalue weighted by atomic mass is 16.4. The Morgan fingerprint density at radius 3 is 2.00 bits per heavy atom. The van der Waals surface area contributed by atoms with Gasteiger partial charge in [0.15, 0.2) is 0 Å². The van der Waals surface area contributed by atoms with Crippen molar-refractivity contribution in [2.75, 3.05) is 0 Å². The number of unbranched alkanes of at least 4 members (excludes halogenated alkanes) is 1. The van der Waals surface area contributed by atoms with Crippen LogP contribution in [-0.4, -0.2) is 11.1 Å². The van der Waals surface area contributed by atoms with Gasteiger partial charge in [-0.15, -0.1) is 0 Å². The molecule has 0 amide bonds. The molecule has 0 spiro atoms. The highest BCUT2D eigenvalue weighted by Gasteiger charge is 2.42. The second-order valence-electron chi connectivity index (χ2n) is 4.92. The summed E-state index contributed by atoms with van der Waals surface area (Å²) < 4.78 is 0. The maximum Gasteiger partial charge on any atom is 0.309 e. The van der Waals surface area contributed by atoms with Gasteiger partial charge in [0.1, 0.15) is 0 Å². The first-order valence-electron chi connectivity index (χ1n) is 4.99. The molecule has 0 rings (SSSR count). The molecule has 0 unspecified atom stereocenters. The maximum absolute atomic E-state index is 11.0. The van der Waals surface area contributed by atoms with Crippen molar-refractivity contribution in [2.45, 2.75) is 53.9 Å². The molecular weight excluding hydrogens is 164 g/mol. The first-order valence-corrected chi connectivity index (χ1v) is 4.99. The van der Waals surface area contributed by atoms with Crippen LogP contribution in [0.2, 0.25) is 0 Å². The van der Waals surface area contributed by atoms with Gasteiger partial charge in [-0.1, -0.05) is 33.6 Å². The Morgan fingerprint density at radius 1 is 1.23 bits per heavy atom. The zero-order valence-corrected chi connectivity index (χ0v) is 9.48. The van der Waals surface area contributed by atoms with E-state index in [2.05, 4.69) is 6.92 Å². The van der Waals surface area contributed by atoms with Gasteiger partial charge in [-0.3, -0.25) is 4.79 Å². The summed E-state index contributed by atoms with van der Waals surface area (Å²) in [7, 11) is 0. The molecule has 0 atom stereocenters. The van der Waals surface area contributed by atoms with Crippen LogP contribution in [-0.2, 0) is 4.79 Å². The minimum Gasteiger partial charge on any atom is -0.481 e. The van der Waals surface area contributed by atoms with E-state index in [0.717, 1.165) is 19.3 Å². The third-order valence-electron chi connectivity index (χ3n) is 3.38. The first-order chi connectivity index (χ1) is 5.75. The number of hydrogen-bond acceptors (Lipinski definition) is 1. The zero-order valence-electron chi connectivity index (χ0n) is 9.48. The van der Waals surface area contributed by atoms with E-state index in [1.54, 1.807) is 0 Å². The lowest BCUT2D eigenvalue weighted by atomic mass is 9.65. The van der Waals surface area contributed by atoms with Crippen LogP contribution in [0, 0.1) is 10.8 Å². The van der Waals surface area contributed by atoms with Crippen LogP contribution in [0.1, 0.15) is 53.9 Å². The molecular formula is C11H22O2. The van der Waals surface area contributed by atoms with Crippen molar-refractivity contribution in [3.63, 3.8) is 0 Å². The van der Waals surface area contributed by atoms with Gasteiger partial charge in [-0.05, 0) is 25.7 Å². The topological polar surface area (TPSA) is 37.3 Å². The lowest BCUT2D eigenvalue weighted by Gasteiger charge is -2.38. The molecule has 13 heavy (non-hydrogen) atoms. The number of carboxylic acids is 1. The van der Waals surface area contributed by atoms with E-state index in [0.29, 0.717) is 0 Å². The van der Waals surface area contributed by atoms with Crippen molar-refractivity contribution in [3.8, 4) is 0 Å². The quantitative estimate of drug-likeness (QED) is 0.715. The van der Waals surface area contributed by atoms with Gasteiger partial charge in [0, 0.05) is 0 Å². The van der Waals surface area contributed by atoms with E-state index in [9.17, 15) is 4.79 Å². The van der Waals surface area contributed by atoms with Gasteiger partial charge in [0.05, 0.1) is 5.41 Å². The van der Waals surface area contributed by atoms with Crippen LogP contribution in [0.15, 0.2) is 0 Å². The van der Waals surface area contributed by atoms with Gasteiger partial charge in [-0.2, -0.15) is 0 Å². The smallest absolute Gasteiger partial charge is 0.309 e. The Balaban J connectivity index is 4.50. The van der Waals surface area contributed by atoms with Crippen molar-refractivity contribution in [1.82, 2.24) is 0 Å². The zero-order chi connectivity index (χ0) is 10.7. The molecule has 0 saturated carbocycles. The largest absolute Gasteiger partial charge is 0.481 e. The summed E-state index contributed by atoms with van der Waals surface area (Å²) in [6, 6.07) is 0. The third-order valence-corrected chi connectivity index (χ3v) is 3.38. The molecule has 1 N–H and O–H groups in total. The second kappa shape index (κ2) is 4.12. The van der Waals surface area contributed by atoms with Crippen molar-refractivity contribution >= 4 is 5.97 Å². The minimum atomic E-state index is -0.700. The van der Waals surface area contributed by atoms with Gasteiger partial charge in [0.25, 0.3) is 0 Å². The van der Waals surface area contributed by atoms with Gasteiger partial charge < -0.3 is 5.11 Å². The lowest BCUT2D eigenvalue weighted by Crippen LogP contribution is -2.39. The third kappa shape index (κ3) is 2.71. The molecule has 2 heteroatoms. The van der Waals surface area contributed by atoms with Crippen LogP contribution >= 0.6 is 0 Å². The average Bonchev–Trinajstić information content (AvgIpc) is 2.00. The van der Waals surface area contributed by atoms with Crippen molar-refractivity contribution in [1.29, 1.82) is 0 Å². The Labute approximate surface area is 81.3 Å². The summed E-state index contributed by atoms with van der Waals surface area (Å²) >= 11 is 0. The van der Waals surface area contributed by atoms with Crippen LogP contribution in [0.25, 0.3) is 0 Å². The van der Waals surface area contributed by atoms with Crippen LogP contribution in [0.4, 0.5) is 0 Å². The highest BCUT2D eigenvalue weighted by molar-refractivity contribution is 5.74. The van der Waals surface area contributed by atoms with Crippen LogP contribution in [0.5, 0.6) is 0 Å². The fourth-order valence-electron chi connectivity index (χ4n) is 1.22. The average molecular weight is 186 g/mol. The maximum atomic E-state index is 11.0. The van der Waals surface area contributed by atoms with E-state index in [4.69, 9.17) is 5.11 Å². The Bertz CT molecular complexity index is 181. The molecule has 0 aliphatic heterocycles.